The number of amides is 2. The smallest absolute Gasteiger partial charge is 0.228 e. The fourth-order valence-corrected chi connectivity index (χ4v) is 5.28. The van der Waals surface area contributed by atoms with Gasteiger partial charge in [0.2, 0.25) is 11.8 Å². The third-order valence-electron chi connectivity index (χ3n) is 7.18. The van der Waals surface area contributed by atoms with Crippen LogP contribution in [0.5, 0.6) is 0 Å². The largest absolute Gasteiger partial charge is 0.365 e. The third-order valence-corrected chi connectivity index (χ3v) is 7.18. The number of hydrogen-bond donors (Lipinski definition) is 2. The molecule has 2 N–H and O–H groups in total. The summed E-state index contributed by atoms with van der Waals surface area (Å²) in [6.45, 7) is 4.18. The van der Waals surface area contributed by atoms with Crippen molar-refractivity contribution in [3.63, 3.8) is 0 Å². The number of anilines is 1. The Labute approximate surface area is 187 Å². The van der Waals surface area contributed by atoms with Crippen molar-refractivity contribution in [1.82, 2.24) is 20.4 Å². The lowest BCUT2D eigenvalue weighted by molar-refractivity contribution is -0.133. The van der Waals surface area contributed by atoms with Crippen LogP contribution in [0.15, 0.2) is 36.7 Å². The van der Waals surface area contributed by atoms with Gasteiger partial charge in [-0.1, -0.05) is 12.1 Å². The molecule has 0 spiro atoms. The Morgan fingerprint density at radius 1 is 1.22 bits per heavy atom. The molecule has 1 aliphatic carbocycles. The summed E-state index contributed by atoms with van der Waals surface area (Å²) in [7, 11) is 0. The van der Waals surface area contributed by atoms with Crippen molar-refractivity contribution < 1.29 is 14.4 Å². The average molecular weight is 436 g/mol. The number of carbonyl (C=O) groups is 3. The highest BCUT2D eigenvalue weighted by atomic mass is 16.2. The number of nitrogens with one attached hydrogen (secondary N) is 2. The second-order valence-corrected chi connectivity index (χ2v) is 9.31. The van der Waals surface area contributed by atoms with Gasteiger partial charge in [0.05, 0.1) is 12.6 Å². The van der Waals surface area contributed by atoms with Gasteiger partial charge in [-0.05, 0) is 49.8 Å². The Bertz CT molecular complexity index is 1030. The highest BCUT2D eigenvalue weighted by molar-refractivity contribution is 6.10. The number of Topliss-reactive ketones (excluding diaryl/α,β-unsaturated/α-hetero) is 1. The van der Waals surface area contributed by atoms with Crippen LogP contribution in [0.3, 0.4) is 0 Å². The molecule has 0 radical (unpaired) electrons. The van der Waals surface area contributed by atoms with Crippen molar-refractivity contribution in [3.8, 4) is 11.1 Å². The third kappa shape index (κ3) is 3.78. The summed E-state index contributed by atoms with van der Waals surface area (Å²) in [6.07, 6.45) is 6.27. The van der Waals surface area contributed by atoms with Gasteiger partial charge < -0.3 is 15.1 Å². The van der Waals surface area contributed by atoms with Crippen molar-refractivity contribution in [2.75, 3.05) is 24.5 Å². The summed E-state index contributed by atoms with van der Waals surface area (Å²) in [5.74, 6) is 0.0351. The zero-order valence-electron chi connectivity index (χ0n) is 18.3. The minimum Gasteiger partial charge on any atom is -0.365 e. The molecular weight excluding hydrogens is 406 g/mol. The van der Waals surface area contributed by atoms with E-state index < -0.39 is 5.54 Å². The lowest BCUT2D eigenvalue weighted by atomic mass is 9.85. The molecule has 2 saturated heterocycles. The maximum atomic E-state index is 13.0. The lowest BCUT2D eigenvalue weighted by Crippen LogP contribution is -2.54. The van der Waals surface area contributed by atoms with E-state index in [1.165, 1.54) is 0 Å². The number of nitrogens with zero attached hydrogens (tertiary/aromatic N) is 3. The Morgan fingerprint density at radius 2 is 2.06 bits per heavy atom. The van der Waals surface area contributed by atoms with Crippen molar-refractivity contribution >= 4 is 23.3 Å². The molecule has 2 aromatic rings. The zero-order valence-corrected chi connectivity index (χ0v) is 18.3. The molecule has 2 amide bonds. The molecule has 1 aromatic heterocycles. The summed E-state index contributed by atoms with van der Waals surface area (Å²) in [6, 6.07) is 8.55. The van der Waals surface area contributed by atoms with Gasteiger partial charge in [0.1, 0.15) is 5.54 Å². The highest BCUT2D eigenvalue weighted by Crippen LogP contribution is 2.45. The van der Waals surface area contributed by atoms with Gasteiger partial charge in [-0.15, -0.1) is 0 Å². The molecule has 1 saturated carbocycles. The highest BCUT2D eigenvalue weighted by Gasteiger charge is 2.55. The number of H-pyrrole nitrogens is 1. The van der Waals surface area contributed by atoms with Gasteiger partial charge in [0.25, 0.3) is 0 Å². The predicted molar refractivity (Wildman–Crippen MR) is 120 cm³/mol. The van der Waals surface area contributed by atoms with E-state index >= 15 is 0 Å². The maximum Gasteiger partial charge on any atom is 0.228 e. The van der Waals surface area contributed by atoms with Crippen molar-refractivity contribution in [3.05, 3.63) is 36.7 Å². The first-order valence-electron chi connectivity index (χ1n) is 11.4. The average Bonchev–Trinajstić information content (AvgIpc) is 3.41. The number of aromatic amines is 1. The Balaban J connectivity index is 1.21. The maximum absolute atomic E-state index is 13.0. The van der Waals surface area contributed by atoms with Crippen LogP contribution >= 0.6 is 0 Å². The zero-order chi connectivity index (χ0) is 22.3. The number of aromatic nitrogens is 2. The van der Waals surface area contributed by atoms with Crippen molar-refractivity contribution in [1.29, 1.82) is 0 Å². The first kappa shape index (κ1) is 20.7. The van der Waals surface area contributed by atoms with Gasteiger partial charge >= 0.3 is 0 Å². The van der Waals surface area contributed by atoms with E-state index in [-0.39, 0.29) is 36.0 Å². The molecule has 2 aliphatic heterocycles. The number of rotatable bonds is 6. The summed E-state index contributed by atoms with van der Waals surface area (Å²) >= 11 is 0. The molecule has 3 aliphatic rings. The number of ketones is 1. The molecule has 8 heteroatoms. The Hall–Kier alpha value is -3.16. The van der Waals surface area contributed by atoms with Crippen LogP contribution in [0.2, 0.25) is 0 Å². The fraction of sp³-hybridized carbons (Fsp3) is 0.500. The van der Waals surface area contributed by atoms with Gasteiger partial charge in [0, 0.05) is 49.5 Å². The van der Waals surface area contributed by atoms with Crippen LogP contribution in [0, 0.1) is 5.92 Å². The van der Waals surface area contributed by atoms with Gasteiger partial charge in [-0.25, -0.2) is 0 Å². The Morgan fingerprint density at radius 3 is 2.72 bits per heavy atom. The first-order chi connectivity index (χ1) is 15.5. The molecule has 3 fully saturated rings. The van der Waals surface area contributed by atoms with Gasteiger partial charge in [-0.2, -0.15) is 5.10 Å². The van der Waals surface area contributed by atoms with Crippen molar-refractivity contribution in [2.45, 2.75) is 50.6 Å². The molecule has 0 bridgehead atoms. The normalized spacial score (nSPS) is 25.8. The van der Waals surface area contributed by atoms with E-state index in [9.17, 15) is 14.4 Å². The van der Waals surface area contributed by atoms with E-state index in [1.54, 1.807) is 0 Å². The summed E-state index contributed by atoms with van der Waals surface area (Å²) in [5, 5.41) is 9.80. The van der Waals surface area contributed by atoms with Crippen LogP contribution in [-0.4, -0.2) is 63.9 Å². The minimum absolute atomic E-state index is 0.0338. The molecule has 8 nitrogen and oxygen atoms in total. The number of carbonyl (C=O) groups excluding carboxylic acids is 3. The standard InChI is InChI=1S/C24H29N5O3/c1-16-15-28(23(32)7-8-24(19-5-6-19)21(30)12-22(31)27-24)9-10-29(16)20-4-2-3-17(11-20)18-13-25-26-14-18/h2-4,11,13-14,16,19H,5-10,12,15H2,1H3,(H,25,26)(H,27,31)/t16-,24?/m0/s1. The van der Waals surface area contributed by atoms with Crippen LogP contribution < -0.4 is 10.2 Å². The summed E-state index contributed by atoms with van der Waals surface area (Å²) in [4.78, 5) is 41.6. The second-order valence-electron chi connectivity index (χ2n) is 9.31. The number of benzene rings is 1. The molecule has 5 rings (SSSR count). The molecular formula is C24H29N5O3. The molecule has 1 aromatic carbocycles. The predicted octanol–water partition coefficient (Wildman–Crippen LogP) is 2.13. The van der Waals surface area contributed by atoms with E-state index in [4.69, 9.17) is 0 Å². The van der Waals surface area contributed by atoms with Crippen LogP contribution in [-0.2, 0) is 14.4 Å². The minimum atomic E-state index is -0.798. The van der Waals surface area contributed by atoms with Gasteiger partial charge in [-0.3, -0.25) is 19.5 Å². The topological polar surface area (TPSA) is 98.4 Å². The quantitative estimate of drug-likeness (QED) is 0.678. The van der Waals surface area contributed by atoms with E-state index in [0.29, 0.717) is 25.9 Å². The number of piperazine rings is 1. The summed E-state index contributed by atoms with van der Waals surface area (Å²) in [5.41, 5.74) is 2.49. The molecule has 2 atom stereocenters. The molecule has 168 valence electrons. The first-order valence-corrected chi connectivity index (χ1v) is 11.4. The Kier molecular flexibility index (Phi) is 5.23. The van der Waals surface area contributed by atoms with E-state index in [0.717, 1.165) is 36.2 Å². The van der Waals surface area contributed by atoms with Crippen LogP contribution in [0.25, 0.3) is 11.1 Å². The molecule has 32 heavy (non-hydrogen) atoms. The summed E-state index contributed by atoms with van der Waals surface area (Å²) < 4.78 is 0. The van der Waals surface area contributed by atoms with Crippen molar-refractivity contribution in [2.24, 2.45) is 5.92 Å². The molecule has 3 heterocycles. The van der Waals surface area contributed by atoms with Gasteiger partial charge in [0.15, 0.2) is 5.78 Å². The number of hydrogen-bond acceptors (Lipinski definition) is 5. The SMILES string of the molecule is C[C@H]1CN(C(=O)CCC2(C3CC3)NC(=O)CC2=O)CCN1c1cccc(-c2cn[nH]c2)c1. The van der Waals surface area contributed by atoms with Crippen LogP contribution in [0.1, 0.15) is 39.0 Å². The second kappa shape index (κ2) is 8.07. The molecule has 1 unspecified atom stereocenters. The lowest BCUT2D eigenvalue weighted by Gasteiger charge is -2.41. The van der Waals surface area contributed by atoms with Crippen LogP contribution in [0.4, 0.5) is 5.69 Å². The monoisotopic (exact) mass is 435 g/mol. The van der Waals surface area contributed by atoms with E-state index in [2.05, 4.69) is 45.5 Å². The fourth-order valence-electron chi connectivity index (χ4n) is 5.28. The van der Waals surface area contributed by atoms with E-state index in [1.807, 2.05) is 23.4 Å².